The lowest BCUT2D eigenvalue weighted by Crippen LogP contribution is -2.49. The first-order valence-corrected chi connectivity index (χ1v) is 9.32. The minimum atomic E-state index is 0.477. The van der Waals surface area contributed by atoms with Gasteiger partial charge in [-0.25, -0.2) is 4.98 Å². The Morgan fingerprint density at radius 2 is 2.30 bits per heavy atom. The maximum absolute atomic E-state index is 10.1. The van der Waals surface area contributed by atoms with Gasteiger partial charge in [-0.1, -0.05) is 23.9 Å². The van der Waals surface area contributed by atoms with E-state index in [0.29, 0.717) is 23.6 Å². The number of nitrogens with one attached hydrogen (secondary N) is 1. The summed E-state index contributed by atoms with van der Waals surface area (Å²) in [6.07, 6.45) is 7.15. The van der Waals surface area contributed by atoms with Crippen LogP contribution in [0.5, 0.6) is 5.75 Å². The fraction of sp³-hybridized carbons (Fsp3) is 0.500. The highest BCUT2D eigenvalue weighted by molar-refractivity contribution is 7.99. The number of piperidine rings is 1. The van der Waals surface area contributed by atoms with Gasteiger partial charge in [0.15, 0.2) is 5.16 Å². The summed E-state index contributed by atoms with van der Waals surface area (Å²) >= 11 is 1.85. The van der Waals surface area contributed by atoms with Crippen LogP contribution in [0.4, 0.5) is 0 Å². The Labute approximate surface area is 141 Å². The Bertz CT molecular complexity index is 699. The van der Waals surface area contributed by atoms with Crippen molar-refractivity contribution in [3.8, 4) is 5.75 Å². The Morgan fingerprint density at radius 1 is 1.39 bits per heavy atom. The van der Waals surface area contributed by atoms with E-state index in [0.717, 1.165) is 30.3 Å². The number of phenolic OH excluding ortho intramolecular Hbond substituents is 1. The molecule has 1 aromatic heterocycles. The van der Waals surface area contributed by atoms with E-state index in [1.54, 1.807) is 0 Å². The van der Waals surface area contributed by atoms with E-state index in [-0.39, 0.29) is 0 Å². The number of hydrogen-bond acceptors (Lipinski definition) is 4. The molecule has 0 saturated carbocycles. The zero-order valence-electron chi connectivity index (χ0n) is 13.4. The van der Waals surface area contributed by atoms with Crippen LogP contribution in [0.25, 0.3) is 0 Å². The summed E-state index contributed by atoms with van der Waals surface area (Å²) in [6, 6.07) is 6.52. The molecule has 2 aliphatic rings. The first-order valence-electron chi connectivity index (χ1n) is 8.34. The number of imidazole rings is 1. The molecule has 3 atom stereocenters. The van der Waals surface area contributed by atoms with Gasteiger partial charge < -0.3 is 15.0 Å². The summed E-state index contributed by atoms with van der Waals surface area (Å²) in [4.78, 5) is 4.40. The lowest BCUT2D eigenvalue weighted by atomic mass is 9.74. The molecule has 4 nitrogen and oxygen atoms in total. The molecular formula is C18H23N3OS. The highest BCUT2D eigenvalue weighted by atomic mass is 32.2. The van der Waals surface area contributed by atoms with Crippen molar-refractivity contribution in [1.29, 1.82) is 0 Å². The van der Waals surface area contributed by atoms with Gasteiger partial charge in [-0.3, -0.25) is 0 Å². The third-order valence-electron chi connectivity index (χ3n) is 5.25. The normalized spacial score (nSPS) is 26.6. The molecule has 4 rings (SSSR count). The van der Waals surface area contributed by atoms with E-state index in [9.17, 15) is 5.11 Å². The van der Waals surface area contributed by atoms with Gasteiger partial charge >= 0.3 is 0 Å². The van der Waals surface area contributed by atoms with Crippen LogP contribution < -0.4 is 5.32 Å². The van der Waals surface area contributed by atoms with Crippen LogP contribution in [0.3, 0.4) is 0 Å². The molecule has 1 aromatic carbocycles. The van der Waals surface area contributed by atoms with E-state index in [4.69, 9.17) is 0 Å². The summed E-state index contributed by atoms with van der Waals surface area (Å²) in [5.41, 5.74) is 2.49. The minimum absolute atomic E-state index is 0.477. The fourth-order valence-corrected chi connectivity index (χ4v) is 5.02. The molecule has 0 spiro atoms. The zero-order chi connectivity index (χ0) is 15.8. The van der Waals surface area contributed by atoms with E-state index in [1.165, 1.54) is 17.5 Å². The van der Waals surface area contributed by atoms with Crippen molar-refractivity contribution in [3.05, 3.63) is 41.7 Å². The second kappa shape index (κ2) is 6.21. The van der Waals surface area contributed by atoms with Crippen molar-refractivity contribution in [2.45, 2.75) is 30.5 Å². The van der Waals surface area contributed by atoms with Crippen LogP contribution >= 0.6 is 11.8 Å². The maximum atomic E-state index is 10.1. The Hall–Kier alpha value is -1.46. The largest absolute Gasteiger partial charge is 0.508 e. The van der Waals surface area contributed by atoms with Crippen LogP contribution in [0.1, 0.15) is 17.5 Å². The molecule has 0 amide bonds. The number of aryl methyl sites for hydroxylation is 1. The van der Waals surface area contributed by atoms with Crippen LogP contribution in [-0.2, 0) is 19.9 Å². The fourth-order valence-electron chi connectivity index (χ4n) is 3.98. The minimum Gasteiger partial charge on any atom is -0.508 e. The quantitative estimate of drug-likeness (QED) is 0.850. The molecule has 1 aliphatic carbocycles. The first-order chi connectivity index (χ1) is 11.2. The van der Waals surface area contributed by atoms with E-state index in [1.807, 2.05) is 43.3 Å². The van der Waals surface area contributed by atoms with E-state index >= 15 is 0 Å². The van der Waals surface area contributed by atoms with Crippen molar-refractivity contribution in [2.75, 3.05) is 12.3 Å². The summed E-state index contributed by atoms with van der Waals surface area (Å²) in [5, 5.41) is 15.0. The number of hydrogen-bond donors (Lipinski definition) is 2. The summed E-state index contributed by atoms with van der Waals surface area (Å²) in [6.45, 7) is 1.09. The molecule has 5 heteroatoms. The van der Waals surface area contributed by atoms with Crippen LogP contribution in [0, 0.1) is 11.8 Å². The van der Waals surface area contributed by atoms with Crippen LogP contribution in [0.2, 0.25) is 0 Å². The molecule has 0 radical (unpaired) electrons. The lowest BCUT2D eigenvalue weighted by Gasteiger charge is -2.41. The molecule has 1 saturated heterocycles. The van der Waals surface area contributed by atoms with Crippen LogP contribution in [-0.4, -0.2) is 33.0 Å². The SMILES string of the molecule is Cn1ccnc1SCC1CNC2Cc3cccc(O)c3CC2C1. The maximum Gasteiger partial charge on any atom is 0.167 e. The number of aromatic hydroxyl groups is 1. The number of rotatable bonds is 3. The predicted octanol–water partition coefficient (Wildman–Crippen LogP) is 2.61. The van der Waals surface area contributed by atoms with Crippen LogP contribution in [0.15, 0.2) is 35.7 Å². The molecule has 0 bridgehead atoms. The molecule has 2 N–H and O–H groups in total. The van der Waals surface area contributed by atoms with Gasteiger partial charge in [0.05, 0.1) is 0 Å². The average Bonchev–Trinajstić information content (AvgIpc) is 2.97. The molecule has 1 fully saturated rings. The number of thioether (sulfide) groups is 1. The van der Waals surface area contributed by atoms with Crippen molar-refractivity contribution in [2.24, 2.45) is 18.9 Å². The Balaban J connectivity index is 1.41. The molecule has 122 valence electrons. The molecule has 1 aliphatic heterocycles. The number of benzene rings is 1. The van der Waals surface area contributed by atoms with Crippen molar-refractivity contribution < 1.29 is 5.11 Å². The van der Waals surface area contributed by atoms with Gasteiger partial charge in [-0.05, 0) is 54.8 Å². The average molecular weight is 329 g/mol. The second-order valence-electron chi connectivity index (χ2n) is 6.83. The third-order valence-corrected chi connectivity index (χ3v) is 6.54. The van der Waals surface area contributed by atoms with Gasteiger partial charge in [-0.15, -0.1) is 0 Å². The van der Waals surface area contributed by atoms with Gasteiger partial charge in [0.1, 0.15) is 5.75 Å². The van der Waals surface area contributed by atoms with Gasteiger partial charge in [0.2, 0.25) is 0 Å². The van der Waals surface area contributed by atoms with E-state index in [2.05, 4.69) is 20.9 Å². The number of phenols is 1. The monoisotopic (exact) mass is 329 g/mol. The second-order valence-corrected chi connectivity index (χ2v) is 7.82. The number of fused-ring (bicyclic) bond motifs is 2. The molecular weight excluding hydrogens is 306 g/mol. The van der Waals surface area contributed by atoms with Crippen molar-refractivity contribution >= 4 is 11.8 Å². The summed E-state index contributed by atoms with van der Waals surface area (Å²) in [7, 11) is 2.05. The lowest BCUT2D eigenvalue weighted by molar-refractivity contribution is 0.215. The molecule has 2 heterocycles. The smallest absolute Gasteiger partial charge is 0.167 e. The molecule has 23 heavy (non-hydrogen) atoms. The Kier molecular flexibility index (Phi) is 4.07. The molecule has 3 unspecified atom stereocenters. The highest BCUT2D eigenvalue weighted by Gasteiger charge is 2.35. The van der Waals surface area contributed by atoms with Gasteiger partial charge in [-0.2, -0.15) is 0 Å². The predicted molar refractivity (Wildman–Crippen MR) is 92.8 cm³/mol. The van der Waals surface area contributed by atoms with Crippen molar-refractivity contribution in [1.82, 2.24) is 14.9 Å². The number of nitrogens with zero attached hydrogens (tertiary/aromatic N) is 2. The highest BCUT2D eigenvalue weighted by Crippen LogP contribution is 2.37. The third kappa shape index (κ3) is 3.00. The van der Waals surface area contributed by atoms with Gasteiger partial charge in [0.25, 0.3) is 0 Å². The molecule has 2 aromatic rings. The summed E-state index contributed by atoms with van der Waals surface area (Å²) < 4.78 is 2.08. The van der Waals surface area contributed by atoms with E-state index < -0.39 is 0 Å². The Morgan fingerprint density at radius 3 is 3.13 bits per heavy atom. The van der Waals surface area contributed by atoms with Crippen molar-refractivity contribution in [3.63, 3.8) is 0 Å². The summed E-state index contributed by atoms with van der Waals surface area (Å²) in [5.74, 6) is 2.89. The number of aromatic nitrogens is 2. The zero-order valence-corrected chi connectivity index (χ0v) is 14.2. The standard InChI is InChI=1S/C18H23N3OS/c1-21-6-5-19-18(21)23-11-12-7-14-8-15-13(3-2-4-17(15)22)9-16(14)20-10-12/h2-6,12,14,16,20,22H,7-11H2,1H3. The van der Waals surface area contributed by atoms with Gasteiger partial charge in [0, 0.05) is 31.2 Å². The first kappa shape index (κ1) is 15.1. The topological polar surface area (TPSA) is 50.1 Å².